The van der Waals surface area contributed by atoms with Crippen molar-refractivity contribution in [1.82, 2.24) is 0 Å². The van der Waals surface area contributed by atoms with Gasteiger partial charge in [0.25, 0.3) is 0 Å². The second kappa shape index (κ2) is 40.1. The molecule has 1 unspecified atom stereocenters. The van der Waals surface area contributed by atoms with E-state index in [4.69, 9.17) is 20.4 Å². The normalized spacial score (nSPS) is 9.85. The molecule has 1 atom stereocenters. The van der Waals surface area contributed by atoms with Gasteiger partial charge >= 0.3 is 5.97 Å². The van der Waals surface area contributed by atoms with Gasteiger partial charge in [0.15, 0.2) is 0 Å². The number of unbranched alkanes of at least 4 members (excludes halogenated alkanes) is 4. The second-order valence-corrected chi connectivity index (χ2v) is 5.82. The third-order valence-corrected chi connectivity index (χ3v) is 3.28. The van der Waals surface area contributed by atoms with Crippen LogP contribution in [-0.2, 0) is 31.0 Å². The largest absolute Gasteiger partial charge is 0.481 e. The summed E-state index contributed by atoms with van der Waals surface area (Å²) in [6.45, 7) is 11.2. The van der Waals surface area contributed by atoms with Crippen LogP contribution in [0.25, 0.3) is 0 Å². The Morgan fingerprint density at radius 3 is 1.12 bits per heavy atom. The van der Waals surface area contributed by atoms with Crippen LogP contribution in [0.2, 0.25) is 0 Å². The fourth-order valence-electron chi connectivity index (χ4n) is 1.43. The van der Waals surface area contributed by atoms with Crippen LogP contribution in [0.15, 0.2) is 0 Å². The minimum absolute atomic E-state index is 0. The molecule has 0 saturated carbocycles. The van der Waals surface area contributed by atoms with Crippen molar-refractivity contribution < 1.29 is 51.4 Å². The second-order valence-electron chi connectivity index (χ2n) is 5.82. The molecule has 0 aromatic carbocycles. The summed E-state index contributed by atoms with van der Waals surface area (Å²) in [7, 11) is 0. The maximum atomic E-state index is 10.4. The molecule has 6 heteroatoms. The summed E-state index contributed by atoms with van der Waals surface area (Å²) in [5.74, 6) is -0.754. The molecule has 0 heterocycles. The summed E-state index contributed by atoms with van der Waals surface area (Å²) in [6.07, 6.45) is 9.83. The molecule has 160 valence electrons. The van der Waals surface area contributed by atoms with Gasteiger partial charge in [-0.3, -0.25) is 4.79 Å². The Hall–Kier alpha value is 0.233. The van der Waals surface area contributed by atoms with Crippen molar-refractivity contribution in [3.8, 4) is 0 Å². The van der Waals surface area contributed by atoms with Gasteiger partial charge in [-0.1, -0.05) is 66.7 Å². The number of carboxylic acids is 1. The maximum Gasteiger partial charge on any atom is 0.306 e. The number of aliphatic hydroxyl groups excluding tert-OH is 3. The van der Waals surface area contributed by atoms with E-state index in [1.54, 1.807) is 0 Å². The number of carbonyl (C=O) groups is 1. The predicted molar refractivity (Wildman–Crippen MR) is 107 cm³/mol. The van der Waals surface area contributed by atoms with E-state index in [1.807, 2.05) is 6.92 Å². The predicted octanol–water partition coefficient (Wildman–Crippen LogP) is 4.62. The minimum atomic E-state index is -0.643. The van der Waals surface area contributed by atoms with E-state index >= 15 is 0 Å². The number of hydrogen-bond donors (Lipinski definition) is 4. The molecular formula is C20H46O5Zr. The molecule has 0 rings (SSSR count). The van der Waals surface area contributed by atoms with Crippen LogP contribution in [0.4, 0.5) is 0 Å². The molecule has 0 aliphatic carbocycles. The Balaban J connectivity index is -0.0000000794. The van der Waals surface area contributed by atoms with Gasteiger partial charge in [-0.2, -0.15) is 0 Å². The topological polar surface area (TPSA) is 98.0 Å². The van der Waals surface area contributed by atoms with E-state index < -0.39 is 5.97 Å². The van der Waals surface area contributed by atoms with Crippen molar-refractivity contribution in [2.45, 2.75) is 98.8 Å². The quantitative estimate of drug-likeness (QED) is 0.363. The van der Waals surface area contributed by atoms with Crippen LogP contribution in [0.5, 0.6) is 0 Å². The molecule has 0 aliphatic heterocycles. The zero-order valence-electron chi connectivity index (χ0n) is 18.0. The van der Waals surface area contributed by atoms with Gasteiger partial charge in [0.2, 0.25) is 0 Å². The van der Waals surface area contributed by atoms with Gasteiger partial charge in [0.05, 0.1) is 5.92 Å². The van der Waals surface area contributed by atoms with Crippen molar-refractivity contribution in [2.24, 2.45) is 5.92 Å². The van der Waals surface area contributed by atoms with Gasteiger partial charge in [0, 0.05) is 46.0 Å². The molecule has 0 aliphatic rings. The molecular weight excluding hydrogens is 411 g/mol. The third-order valence-electron chi connectivity index (χ3n) is 3.28. The molecule has 0 aromatic heterocycles. The maximum absolute atomic E-state index is 10.4. The molecule has 0 radical (unpaired) electrons. The average Bonchev–Trinajstić information content (AvgIpc) is 2.59. The zero-order valence-corrected chi connectivity index (χ0v) is 20.4. The van der Waals surface area contributed by atoms with E-state index in [2.05, 4.69) is 27.7 Å². The molecule has 0 amide bonds. The van der Waals surface area contributed by atoms with Crippen LogP contribution >= 0.6 is 0 Å². The van der Waals surface area contributed by atoms with Crippen LogP contribution in [0.1, 0.15) is 98.8 Å². The summed E-state index contributed by atoms with van der Waals surface area (Å²) in [5, 5.41) is 32.8. The number of hydrogen-bond acceptors (Lipinski definition) is 4. The Kier molecular flexibility index (Phi) is 57.1. The first-order valence-electron chi connectivity index (χ1n) is 10.0. The van der Waals surface area contributed by atoms with Crippen molar-refractivity contribution in [1.29, 1.82) is 0 Å². The smallest absolute Gasteiger partial charge is 0.306 e. The summed E-state index contributed by atoms with van der Waals surface area (Å²) in [4.78, 5) is 10.4. The third kappa shape index (κ3) is 49.6. The summed E-state index contributed by atoms with van der Waals surface area (Å²) in [5.41, 5.74) is 0. The van der Waals surface area contributed by atoms with E-state index in [0.717, 1.165) is 64.2 Å². The van der Waals surface area contributed by atoms with Crippen LogP contribution < -0.4 is 0 Å². The summed E-state index contributed by atoms with van der Waals surface area (Å²) >= 11 is 0. The summed E-state index contributed by atoms with van der Waals surface area (Å²) < 4.78 is 0. The number of rotatable bonds is 11. The first-order valence-corrected chi connectivity index (χ1v) is 10.0. The molecule has 0 bridgehead atoms. The average molecular weight is 458 g/mol. The molecule has 5 nitrogen and oxygen atoms in total. The van der Waals surface area contributed by atoms with Crippen molar-refractivity contribution in [3.63, 3.8) is 0 Å². The molecule has 0 fully saturated rings. The Morgan fingerprint density at radius 1 is 0.692 bits per heavy atom. The van der Waals surface area contributed by atoms with Gasteiger partial charge in [-0.25, -0.2) is 0 Å². The van der Waals surface area contributed by atoms with E-state index in [9.17, 15) is 4.79 Å². The van der Waals surface area contributed by atoms with Crippen LogP contribution in [-0.4, -0.2) is 46.2 Å². The zero-order chi connectivity index (χ0) is 20.3. The van der Waals surface area contributed by atoms with Gasteiger partial charge in [-0.15, -0.1) is 0 Å². The summed E-state index contributed by atoms with van der Waals surface area (Å²) in [6, 6.07) is 0. The Bertz CT molecular complexity index is 196. The van der Waals surface area contributed by atoms with Crippen molar-refractivity contribution in [3.05, 3.63) is 0 Å². The van der Waals surface area contributed by atoms with Crippen LogP contribution in [0.3, 0.4) is 0 Å². The molecule has 0 saturated heterocycles. The van der Waals surface area contributed by atoms with Gasteiger partial charge in [-0.05, 0) is 32.1 Å². The van der Waals surface area contributed by atoms with Gasteiger partial charge < -0.3 is 20.4 Å². The molecule has 0 spiro atoms. The minimum Gasteiger partial charge on any atom is -0.481 e. The van der Waals surface area contributed by atoms with Gasteiger partial charge in [0.1, 0.15) is 0 Å². The number of carboxylic acid groups (broad SMARTS) is 1. The van der Waals surface area contributed by atoms with Crippen molar-refractivity contribution >= 4 is 5.97 Å². The number of aliphatic hydroxyl groups is 3. The van der Waals surface area contributed by atoms with E-state index in [0.29, 0.717) is 19.8 Å². The first kappa shape index (κ1) is 37.0. The van der Waals surface area contributed by atoms with E-state index in [-0.39, 0.29) is 32.1 Å². The standard InChI is InChI=1S/C8H16O2.3C4H10O.Zr/c1-3-5-6-7(4-2)8(9)10;3*1-2-3-4-5;/h7H,3-6H2,1-2H3,(H,9,10);3*5H,2-4H2,1H3;. The molecule has 0 aromatic rings. The first-order chi connectivity index (χ1) is 12.0. The van der Waals surface area contributed by atoms with Crippen molar-refractivity contribution in [2.75, 3.05) is 19.8 Å². The Morgan fingerprint density at radius 2 is 1.00 bits per heavy atom. The fourth-order valence-corrected chi connectivity index (χ4v) is 1.43. The SMILES string of the molecule is CCCCC(CC)C(=O)O.CCCCO.CCCCO.CCCCO.[Zr]. The number of aliphatic carboxylic acids is 1. The monoisotopic (exact) mass is 456 g/mol. The molecule has 26 heavy (non-hydrogen) atoms. The van der Waals surface area contributed by atoms with Crippen LogP contribution in [0, 0.1) is 5.92 Å². The Labute approximate surface area is 181 Å². The fraction of sp³-hybridized carbons (Fsp3) is 0.950. The molecule has 4 N–H and O–H groups in total. The van der Waals surface area contributed by atoms with E-state index in [1.165, 1.54) is 0 Å².